The Morgan fingerprint density at radius 2 is 2.00 bits per heavy atom. The standard InChI is InChI=1S/C10H19NO4S/c1-10(13)4-3-6-11(7-5-10)9(12)8-16(2,14)15/h13H,3-8H2,1-2H3. The smallest absolute Gasteiger partial charge is 0.237 e. The van der Waals surface area contributed by atoms with Crippen molar-refractivity contribution in [2.45, 2.75) is 31.8 Å². The van der Waals surface area contributed by atoms with Gasteiger partial charge in [0.15, 0.2) is 9.84 Å². The minimum Gasteiger partial charge on any atom is -0.390 e. The molecule has 1 aliphatic rings. The van der Waals surface area contributed by atoms with E-state index < -0.39 is 21.2 Å². The van der Waals surface area contributed by atoms with Crippen LogP contribution < -0.4 is 0 Å². The van der Waals surface area contributed by atoms with E-state index in [0.29, 0.717) is 32.4 Å². The number of sulfone groups is 1. The molecule has 0 saturated carbocycles. The summed E-state index contributed by atoms with van der Waals surface area (Å²) in [6, 6.07) is 0. The molecule has 1 heterocycles. The predicted octanol–water partition coefficient (Wildman–Crippen LogP) is -0.205. The molecule has 0 aliphatic carbocycles. The van der Waals surface area contributed by atoms with Gasteiger partial charge < -0.3 is 10.0 Å². The van der Waals surface area contributed by atoms with Crippen LogP contribution in [0.15, 0.2) is 0 Å². The van der Waals surface area contributed by atoms with Gasteiger partial charge in [0.1, 0.15) is 5.75 Å². The van der Waals surface area contributed by atoms with Crippen LogP contribution in [0.2, 0.25) is 0 Å². The maximum atomic E-state index is 11.6. The van der Waals surface area contributed by atoms with Gasteiger partial charge in [-0.1, -0.05) is 0 Å². The van der Waals surface area contributed by atoms with Gasteiger partial charge in [-0.3, -0.25) is 4.79 Å². The number of aliphatic hydroxyl groups is 1. The van der Waals surface area contributed by atoms with Crippen molar-refractivity contribution in [1.29, 1.82) is 0 Å². The SMILES string of the molecule is CC1(O)CCCN(C(=O)CS(C)(=O)=O)CC1. The second kappa shape index (κ2) is 4.71. The molecule has 1 aliphatic heterocycles. The number of hydrogen-bond acceptors (Lipinski definition) is 4. The zero-order chi connectivity index (χ0) is 12.4. The number of likely N-dealkylation sites (tertiary alicyclic amines) is 1. The molecule has 1 rings (SSSR count). The number of amides is 1. The monoisotopic (exact) mass is 249 g/mol. The molecule has 0 spiro atoms. The summed E-state index contributed by atoms with van der Waals surface area (Å²) in [7, 11) is -3.27. The van der Waals surface area contributed by atoms with E-state index in [9.17, 15) is 18.3 Å². The Kier molecular flexibility index (Phi) is 3.96. The van der Waals surface area contributed by atoms with Crippen LogP contribution in [-0.2, 0) is 14.6 Å². The van der Waals surface area contributed by atoms with Crippen LogP contribution in [-0.4, -0.2) is 55.0 Å². The molecule has 1 N–H and O–H groups in total. The fraction of sp³-hybridized carbons (Fsp3) is 0.900. The molecule has 0 aromatic carbocycles. The number of carbonyl (C=O) groups excluding carboxylic acids is 1. The van der Waals surface area contributed by atoms with Crippen molar-refractivity contribution in [2.24, 2.45) is 0 Å². The van der Waals surface area contributed by atoms with E-state index in [2.05, 4.69) is 0 Å². The van der Waals surface area contributed by atoms with Gasteiger partial charge in [-0.2, -0.15) is 0 Å². The average molecular weight is 249 g/mol. The highest BCUT2D eigenvalue weighted by Gasteiger charge is 2.27. The molecule has 16 heavy (non-hydrogen) atoms. The molecule has 0 radical (unpaired) electrons. The fourth-order valence-electron chi connectivity index (χ4n) is 1.83. The van der Waals surface area contributed by atoms with Gasteiger partial charge in [-0.05, 0) is 26.2 Å². The highest BCUT2D eigenvalue weighted by Crippen LogP contribution is 2.21. The molecule has 1 fully saturated rings. The third kappa shape index (κ3) is 4.49. The Balaban J connectivity index is 2.58. The summed E-state index contributed by atoms with van der Waals surface area (Å²) in [5.41, 5.74) is -0.736. The molecule has 1 unspecified atom stereocenters. The minimum atomic E-state index is -3.27. The number of hydrogen-bond donors (Lipinski definition) is 1. The Labute approximate surface area is 96.4 Å². The van der Waals surface area contributed by atoms with Gasteiger partial charge in [-0.25, -0.2) is 8.42 Å². The zero-order valence-corrected chi connectivity index (χ0v) is 10.6. The van der Waals surface area contributed by atoms with Gasteiger partial charge >= 0.3 is 0 Å². The minimum absolute atomic E-state index is 0.361. The normalized spacial score (nSPS) is 27.6. The molecule has 1 amide bonds. The van der Waals surface area contributed by atoms with E-state index in [1.165, 1.54) is 4.90 Å². The molecule has 0 bridgehead atoms. The maximum absolute atomic E-state index is 11.6. The van der Waals surface area contributed by atoms with Crippen LogP contribution in [0.1, 0.15) is 26.2 Å². The summed E-state index contributed by atoms with van der Waals surface area (Å²) in [5.74, 6) is -0.796. The van der Waals surface area contributed by atoms with E-state index in [-0.39, 0.29) is 5.91 Å². The van der Waals surface area contributed by atoms with Gasteiger partial charge in [0.05, 0.1) is 5.60 Å². The van der Waals surface area contributed by atoms with Gasteiger partial charge in [-0.15, -0.1) is 0 Å². The lowest BCUT2D eigenvalue weighted by atomic mass is 9.98. The summed E-state index contributed by atoms with van der Waals surface area (Å²) >= 11 is 0. The lowest BCUT2D eigenvalue weighted by Gasteiger charge is -2.22. The van der Waals surface area contributed by atoms with E-state index in [4.69, 9.17) is 0 Å². The van der Waals surface area contributed by atoms with Gasteiger partial charge in [0, 0.05) is 19.3 Å². The Hall–Kier alpha value is -0.620. The van der Waals surface area contributed by atoms with Crippen LogP contribution in [0.4, 0.5) is 0 Å². The van der Waals surface area contributed by atoms with Crippen molar-refractivity contribution >= 4 is 15.7 Å². The first-order chi connectivity index (χ1) is 7.20. The topological polar surface area (TPSA) is 74.7 Å². The highest BCUT2D eigenvalue weighted by atomic mass is 32.2. The summed E-state index contributed by atoms with van der Waals surface area (Å²) in [5, 5.41) is 9.83. The molecule has 94 valence electrons. The van der Waals surface area contributed by atoms with Gasteiger partial charge in [0.25, 0.3) is 0 Å². The molecular weight excluding hydrogens is 230 g/mol. The largest absolute Gasteiger partial charge is 0.390 e. The second-order valence-corrected chi connectivity index (χ2v) is 6.94. The molecule has 5 nitrogen and oxygen atoms in total. The zero-order valence-electron chi connectivity index (χ0n) is 9.77. The second-order valence-electron chi connectivity index (χ2n) is 4.80. The van der Waals surface area contributed by atoms with Crippen molar-refractivity contribution in [3.05, 3.63) is 0 Å². The Bertz CT molecular complexity index is 361. The lowest BCUT2D eigenvalue weighted by molar-refractivity contribution is -0.128. The first-order valence-electron chi connectivity index (χ1n) is 5.37. The predicted molar refractivity (Wildman–Crippen MR) is 60.8 cm³/mol. The van der Waals surface area contributed by atoms with Crippen molar-refractivity contribution in [3.63, 3.8) is 0 Å². The average Bonchev–Trinajstić information content (AvgIpc) is 2.23. The maximum Gasteiger partial charge on any atom is 0.237 e. The van der Waals surface area contributed by atoms with E-state index in [0.717, 1.165) is 6.26 Å². The van der Waals surface area contributed by atoms with Crippen LogP contribution in [0.25, 0.3) is 0 Å². The molecular formula is C10H19NO4S. The first kappa shape index (κ1) is 13.4. The molecule has 6 heteroatoms. The number of rotatable bonds is 2. The molecule has 1 atom stereocenters. The van der Waals surface area contributed by atoms with Crippen molar-refractivity contribution in [1.82, 2.24) is 4.90 Å². The Morgan fingerprint density at radius 1 is 1.38 bits per heavy atom. The van der Waals surface area contributed by atoms with Crippen molar-refractivity contribution < 1.29 is 18.3 Å². The summed E-state index contributed by atoms with van der Waals surface area (Å²) in [6.45, 7) is 2.71. The number of carbonyl (C=O) groups is 1. The van der Waals surface area contributed by atoms with E-state index >= 15 is 0 Å². The molecule has 1 saturated heterocycles. The summed E-state index contributed by atoms with van der Waals surface area (Å²) in [4.78, 5) is 13.2. The Morgan fingerprint density at radius 3 is 2.56 bits per heavy atom. The summed E-state index contributed by atoms with van der Waals surface area (Å²) in [6.07, 6.45) is 2.92. The van der Waals surface area contributed by atoms with Crippen molar-refractivity contribution in [3.8, 4) is 0 Å². The third-order valence-electron chi connectivity index (χ3n) is 2.80. The molecule has 0 aromatic heterocycles. The number of nitrogens with zero attached hydrogens (tertiary/aromatic N) is 1. The highest BCUT2D eigenvalue weighted by molar-refractivity contribution is 7.91. The van der Waals surface area contributed by atoms with Crippen LogP contribution in [0.5, 0.6) is 0 Å². The summed E-state index contributed by atoms with van der Waals surface area (Å²) < 4.78 is 22.0. The van der Waals surface area contributed by atoms with Crippen molar-refractivity contribution in [2.75, 3.05) is 25.1 Å². The third-order valence-corrected chi connectivity index (χ3v) is 3.57. The van der Waals surface area contributed by atoms with Crippen LogP contribution in [0, 0.1) is 0 Å². The van der Waals surface area contributed by atoms with Gasteiger partial charge in [0.2, 0.25) is 5.91 Å². The fourth-order valence-corrected chi connectivity index (χ4v) is 2.46. The first-order valence-corrected chi connectivity index (χ1v) is 7.44. The van der Waals surface area contributed by atoms with Crippen LogP contribution in [0.3, 0.4) is 0 Å². The lowest BCUT2D eigenvalue weighted by Crippen LogP contribution is -2.37. The van der Waals surface area contributed by atoms with E-state index in [1.54, 1.807) is 6.92 Å². The van der Waals surface area contributed by atoms with E-state index in [1.807, 2.05) is 0 Å². The quantitative estimate of drug-likeness (QED) is 0.735. The molecule has 0 aromatic rings. The van der Waals surface area contributed by atoms with Crippen LogP contribution >= 0.6 is 0 Å².